The van der Waals surface area contributed by atoms with Gasteiger partial charge in [0.1, 0.15) is 5.56 Å². The van der Waals surface area contributed by atoms with Gasteiger partial charge in [0.2, 0.25) is 0 Å². The van der Waals surface area contributed by atoms with Gasteiger partial charge in [0.05, 0.1) is 17.4 Å². The van der Waals surface area contributed by atoms with Crippen molar-refractivity contribution >= 4 is 21.6 Å². The first-order chi connectivity index (χ1) is 7.49. The highest BCUT2D eigenvalue weighted by Gasteiger charge is 2.29. The number of nitro groups is 1. The molecule has 8 heteroatoms. The van der Waals surface area contributed by atoms with Gasteiger partial charge < -0.3 is 0 Å². The number of aromatic nitrogens is 1. The number of hydrogen-bond acceptors (Lipinski definition) is 4. The molecular weight excluding hydrogens is 288 g/mol. The number of pyridine rings is 1. The molecule has 0 aliphatic carbocycles. The molecule has 0 unspecified atom stereocenters. The van der Waals surface area contributed by atoms with E-state index in [0.29, 0.717) is 0 Å². The van der Waals surface area contributed by atoms with Gasteiger partial charge in [0.25, 0.3) is 6.43 Å². The number of hydrogen-bond donors (Lipinski definition) is 0. The average Bonchev–Trinajstić information content (AvgIpc) is 2.19. The first-order valence-corrected chi connectivity index (χ1v) is 4.75. The lowest BCUT2D eigenvalue weighted by molar-refractivity contribution is -0.387. The second-order valence-electron chi connectivity index (χ2n) is 2.73. The maximum absolute atomic E-state index is 12.7. The smallest absolute Gasteiger partial charge is 0.258 e. The molecule has 0 aliphatic rings. The summed E-state index contributed by atoms with van der Waals surface area (Å²) in [6.45, 7) is 0. The van der Waals surface area contributed by atoms with Gasteiger partial charge in [-0.15, -0.1) is 0 Å². The van der Waals surface area contributed by atoms with Crippen molar-refractivity contribution in [3.05, 3.63) is 32.0 Å². The molecule has 1 rings (SSSR count). The summed E-state index contributed by atoms with van der Waals surface area (Å²) in [5.41, 5.74) is -1.68. The van der Waals surface area contributed by atoms with Gasteiger partial charge >= 0.3 is 5.69 Å². The van der Waals surface area contributed by atoms with E-state index in [1.807, 2.05) is 0 Å². The Morgan fingerprint density at radius 3 is 2.75 bits per heavy atom. The zero-order chi connectivity index (χ0) is 12.3. The molecule has 1 aromatic heterocycles. The van der Waals surface area contributed by atoms with Crippen LogP contribution in [0.2, 0.25) is 0 Å². The van der Waals surface area contributed by atoms with E-state index >= 15 is 0 Å². The molecule has 5 nitrogen and oxygen atoms in total. The van der Waals surface area contributed by atoms with Crippen molar-refractivity contribution in [2.75, 3.05) is 0 Å². The van der Waals surface area contributed by atoms with Crippen LogP contribution in [0.25, 0.3) is 0 Å². The van der Waals surface area contributed by atoms with Crippen LogP contribution in [0.4, 0.5) is 14.5 Å². The van der Waals surface area contributed by atoms with Crippen LogP contribution in [0, 0.1) is 21.4 Å². The quantitative estimate of drug-likeness (QED) is 0.487. The molecular formula is C8H4BrF2N3O2. The van der Waals surface area contributed by atoms with Crippen LogP contribution in [0.1, 0.15) is 17.6 Å². The third-order valence-corrected chi connectivity index (χ3v) is 2.38. The molecule has 0 aliphatic heterocycles. The zero-order valence-corrected chi connectivity index (χ0v) is 9.24. The standard InChI is InChI=1S/C8H4BrF2N3O2/c9-7-6(14(15)16)5(8(10)11)4(1-2-12)3-13-7/h3,8H,1H2. The van der Waals surface area contributed by atoms with Gasteiger partial charge in [-0.05, 0) is 15.9 Å². The van der Waals surface area contributed by atoms with Crippen LogP contribution in [0.3, 0.4) is 0 Å². The predicted octanol–water partition coefficient (Wildman–Crippen LogP) is 2.76. The number of alkyl halides is 2. The van der Waals surface area contributed by atoms with Crippen LogP contribution < -0.4 is 0 Å². The normalized spacial score (nSPS) is 10.2. The predicted molar refractivity (Wildman–Crippen MR) is 52.9 cm³/mol. The van der Waals surface area contributed by atoms with Crippen LogP contribution in [-0.2, 0) is 6.42 Å². The Bertz CT molecular complexity index is 473. The highest BCUT2D eigenvalue weighted by molar-refractivity contribution is 9.10. The van der Waals surface area contributed by atoms with Gasteiger partial charge in [-0.2, -0.15) is 5.26 Å². The summed E-state index contributed by atoms with van der Waals surface area (Å²) < 4.78 is 25.1. The van der Waals surface area contributed by atoms with Crippen molar-refractivity contribution in [3.8, 4) is 6.07 Å². The molecule has 16 heavy (non-hydrogen) atoms. The van der Waals surface area contributed by atoms with E-state index in [1.165, 1.54) is 0 Å². The Morgan fingerprint density at radius 2 is 2.31 bits per heavy atom. The monoisotopic (exact) mass is 291 g/mol. The summed E-state index contributed by atoms with van der Waals surface area (Å²) in [5.74, 6) is 0. The van der Waals surface area contributed by atoms with E-state index in [0.717, 1.165) is 6.20 Å². The van der Waals surface area contributed by atoms with Gasteiger partial charge in [-0.1, -0.05) is 0 Å². The van der Waals surface area contributed by atoms with E-state index < -0.39 is 22.6 Å². The second-order valence-corrected chi connectivity index (χ2v) is 3.48. The van der Waals surface area contributed by atoms with Gasteiger partial charge in [-0.25, -0.2) is 13.8 Å². The number of nitrogens with zero attached hydrogens (tertiary/aromatic N) is 3. The van der Waals surface area contributed by atoms with Crippen molar-refractivity contribution in [1.29, 1.82) is 5.26 Å². The lowest BCUT2D eigenvalue weighted by atomic mass is 10.1. The van der Waals surface area contributed by atoms with Crippen molar-refractivity contribution in [2.45, 2.75) is 12.8 Å². The topological polar surface area (TPSA) is 79.8 Å². The fourth-order valence-electron chi connectivity index (χ4n) is 1.17. The molecule has 0 N–H and O–H groups in total. The van der Waals surface area contributed by atoms with E-state index in [2.05, 4.69) is 20.9 Å². The molecule has 0 atom stereocenters. The van der Waals surface area contributed by atoms with Gasteiger partial charge in [0.15, 0.2) is 4.60 Å². The first kappa shape index (κ1) is 12.4. The lowest BCUT2D eigenvalue weighted by Crippen LogP contribution is -2.03. The highest BCUT2D eigenvalue weighted by atomic mass is 79.9. The lowest BCUT2D eigenvalue weighted by Gasteiger charge is -2.07. The highest BCUT2D eigenvalue weighted by Crippen LogP contribution is 2.36. The fraction of sp³-hybridized carbons (Fsp3) is 0.250. The second kappa shape index (κ2) is 4.94. The summed E-state index contributed by atoms with van der Waals surface area (Å²) in [6.07, 6.45) is -2.34. The maximum atomic E-state index is 12.7. The zero-order valence-electron chi connectivity index (χ0n) is 7.65. The van der Waals surface area contributed by atoms with E-state index in [4.69, 9.17) is 5.26 Å². The molecule has 1 heterocycles. The Hall–Kier alpha value is -1.62. The summed E-state index contributed by atoms with van der Waals surface area (Å²) in [7, 11) is 0. The molecule has 0 bridgehead atoms. The largest absolute Gasteiger partial charge is 0.311 e. The Labute approximate surface area is 97.0 Å². The molecule has 84 valence electrons. The Balaban J connectivity index is 3.51. The summed E-state index contributed by atoms with van der Waals surface area (Å²) >= 11 is 2.73. The van der Waals surface area contributed by atoms with Crippen molar-refractivity contribution in [2.24, 2.45) is 0 Å². The molecule has 0 spiro atoms. The number of halogens is 3. The fourth-order valence-corrected chi connectivity index (χ4v) is 1.63. The molecule has 1 aromatic rings. The molecule has 0 amide bonds. The molecule has 0 radical (unpaired) electrons. The van der Waals surface area contributed by atoms with Crippen LogP contribution in [-0.4, -0.2) is 9.91 Å². The van der Waals surface area contributed by atoms with Crippen molar-refractivity contribution in [3.63, 3.8) is 0 Å². The van der Waals surface area contributed by atoms with E-state index in [9.17, 15) is 18.9 Å². The molecule has 0 saturated carbocycles. The summed E-state index contributed by atoms with van der Waals surface area (Å²) in [6, 6.07) is 1.65. The van der Waals surface area contributed by atoms with E-state index in [-0.39, 0.29) is 16.6 Å². The summed E-state index contributed by atoms with van der Waals surface area (Å²) in [4.78, 5) is 13.2. The maximum Gasteiger partial charge on any atom is 0.311 e. The summed E-state index contributed by atoms with van der Waals surface area (Å²) in [5, 5.41) is 19.0. The van der Waals surface area contributed by atoms with Crippen molar-refractivity contribution < 1.29 is 13.7 Å². The number of nitriles is 1. The van der Waals surface area contributed by atoms with Crippen LogP contribution in [0.5, 0.6) is 0 Å². The van der Waals surface area contributed by atoms with Crippen LogP contribution >= 0.6 is 15.9 Å². The third-order valence-electron chi connectivity index (χ3n) is 1.80. The Kier molecular flexibility index (Phi) is 3.84. The van der Waals surface area contributed by atoms with Gasteiger partial charge in [-0.3, -0.25) is 10.1 Å². The van der Waals surface area contributed by atoms with Gasteiger partial charge in [0, 0.05) is 11.8 Å². The molecule has 0 fully saturated rings. The number of rotatable bonds is 3. The first-order valence-electron chi connectivity index (χ1n) is 3.95. The average molecular weight is 292 g/mol. The minimum atomic E-state index is -3.02. The molecule has 0 saturated heterocycles. The minimum Gasteiger partial charge on any atom is -0.258 e. The SMILES string of the molecule is N#CCc1cnc(Br)c([N+](=O)[O-])c1C(F)F. The van der Waals surface area contributed by atoms with E-state index in [1.54, 1.807) is 6.07 Å². The van der Waals surface area contributed by atoms with Crippen molar-refractivity contribution in [1.82, 2.24) is 4.98 Å². The molecule has 0 aromatic carbocycles. The van der Waals surface area contributed by atoms with Crippen LogP contribution in [0.15, 0.2) is 10.8 Å². The third kappa shape index (κ3) is 2.30. The minimum absolute atomic E-state index is 0.132. The Morgan fingerprint density at radius 1 is 1.69 bits per heavy atom.